The largest absolute Gasteiger partial charge is 0.479 e. The van der Waals surface area contributed by atoms with Gasteiger partial charge in [-0.15, -0.1) is 0 Å². The van der Waals surface area contributed by atoms with Crippen LogP contribution in [-0.4, -0.2) is 49.1 Å². The third kappa shape index (κ3) is 7.00. The molecule has 10 nitrogen and oxygen atoms in total. The Morgan fingerprint density at radius 2 is 1.02 bits per heavy atom. The van der Waals surface area contributed by atoms with Crippen LogP contribution < -0.4 is 10.6 Å². The van der Waals surface area contributed by atoms with Crippen LogP contribution in [0.25, 0.3) is 0 Å². The first-order valence-corrected chi connectivity index (χ1v) is 15.9. The number of aliphatic carboxylic acids is 1. The van der Waals surface area contributed by atoms with Crippen LogP contribution in [-0.2, 0) is 75.2 Å². The van der Waals surface area contributed by atoms with E-state index in [-0.39, 0.29) is 6.61 Å². The smallest absolute Gasteiger partial charge is 0.412 e. The number of carbonyl (C=O) groups is 4. The number of aryl methyl sites for hydroxylation is 4. The predicted octanol–water partition coefficient (Wildman–Crippen LogP) is 5.46. The Morgan fingerprint density at radius 1 is 0.614 bits per heavy atom. The molecule has 2 aromatic rings. The lowest BCUT2D eigenvalue weighted by molar-refractivity contribution is -0.147. The van der Waals surface area contributed by atoms with Crippen molar-refractivity contribution >= 4 is 35.5 Å². The summed E-state index contributed by atoms with van der Waals surface area (Å²) in [5.41, 5.74) is 12.1. The number of benzene rings is 2. The second-order valence-corrected chi connectivity index (χ2v) is 12.4. The Kier molecular flexibility index (Phi) is 9.04. The van der Waals surface area contributed by atoms with Gasteiger partial charge in [0, 0.05) is 0 Å². The molecule has 1 saturated carbocycles. The van der Waals surface area contributed by atoms with E-state index in [1.165, 1.54) is 44.5 Å². The zero-order chi connectivity index (χ0) is 30.6. The number of carbonyl (C=O) groups excluding carboxylic acids is 3. The lowest BCUT2D eigenvalue weighted by Gasteiger charge is -2.16. The van der Waals surface area contributed by atoms with E-state index in [9.17, 15) is 19.2 Å². The van der Waals surface area contributed by atoms with Gasteiger partial charge in [0.1, 0.15) is 0 Å². The molecule has 0 aromatic heterocycles. The second kappa shape index (κ2) is 13.3. The van der Waals surface area contributed by atoms with E-state index in [0.29, 0.717) is 12.5 Å². The number of anilines is 2. The van der Waals surface area contributed by atoms with Crippen molar-refractivity contribution in [3.05, 3.63) is 56.6 Å². The van der Waals surface area contributed by atoms with Crippen molar-refractivity contribution in [3.8, 4) is 0 Å². The van der Waals surface area contributed by atoms with Gasteiger partial charge >= 0.3 is 24.1 Å². The van der Waals surface area contributed by atoms with E-state index in [1.807, 2.05) is 0 Å². The molecular weight excluding hydrogens is 564 g/mol. The zero-order valence-corrected chi connectivity index (χ0v) is 25.1. The zero-order valence-electron chi connectivity index (χ0n) is 25.1. The van der Waals surface area contributed by atoms with Gasteiger partial charge in [0.15, 0.2) is 13.2 Å². The van der Waals surface area contributed by atoms with Crippen LogP contribution in [0.4, 0.5) is 21.0 Å². The van der Waals surface area contributed by atoms with Gasteiger partial charge < -0.3 is 19.3 Å². The monoisotopic (exact) mass is 604 g/mol. The minimum atomic E-state index is -1.15. The van der Waals surface area contributed by atoms with E-state index in [2.05, 4.69) is 27.5 Å². The van der Waals surface area contributed by atoms with Crippen LogP contribution in [0.3, 0.4) is 0 Å². The van der Waals surface area contributed by atoms with Crippen molar-refractivity contribution in [1.29, 1.82) is 0 Å². The van der Waals surface area contributed by atoms with E-state index in [0.717, 1.165) is 101 Å². The highest BCUT2D eigenvalue weighted by molar-refractivity contribution is 5.90. The molecule has 2 amide bonds. The molecule has 0 bridgehead atoms. The molecule has 5 aliphatic rings. The number of carboxylic acid groups (broad SMARTS) is 1. The van der Waals surface area contributed by atoms with Crippen LogP contribution in [0.15, 0.2) is 12.1 Å². The normalized spacial score (nSPS) is 16.9. The van der Waals surface area contributed by atoms with Crippen molar-refractivity contribution in [2.45, 2.75) is 89.9 Å². The van der Waals surface area contributed by atoms with Crippen molar-refractivity contribution in [1.82, 2.24) is 0 Å². The molecule has 44 heavy (non-hydrogen) atoms. The molecule has 0 unspecified atom stereocenters. The summed E-state index contributed by atoms with van der Waals surface area (Å²) in [6.45, 7) is -0.484. The average Bonchev–Trinajstić information content (AvgIpc) is 3.46. The highest BCUT2D eigenvalue weighted by Gasteiger charge is 2.27. The minimum Gasteiger partial charge on any atom is -0.479 e. The van der Waals surface area contributed by atoms with Crippen LogP contribution in [0, 0.1) is 5.92 Å². The maximum Gasteiger partial charge on any atom is 0.412 e. The first kappa shape index (κ1) is 30.0. The van der Waals surface area contributed by atoms with Gasteiger partial charge in [-0.2, -0.15) is 0 Å². The first-order valence-electron chi connectivity index (χ1n) is 15.9. The molecule has 7 rings (SSSR count). The number of ether oxygens (including phenoxy) is 3. The average molecular weight is 605 g/mol. The Morgan fingerprint density at radius 3 is 1.41 bits per heavy atom. The Labute approximate surface area is 256 Å². The Hall–Kier alpha value is -4.08. The molecule has 234 valence electrons. The topological polar surface area (TPSA) is 140 Å². The van der Waals surface area contributed by atoms with Gasteiger partial charge in [-0.05, 0) is 140 Å². The van der Waals surface area contributed by atoms with Crippen LogP contribution in [0.2, 0.25) is 0 Å². The van der Waals surface area contributed by atoms with E-state index >= 15 is 0 Å². The first-order chi connectivity index (χ1) is 21.4. The van der Waals surface area contributed by atoms with Gasteiger partial charge in [0.2, 0.25) is 0 Å². The predicted molar refractivity (Wildman–Crippen MR) is 162 cm³/mol. The number of fused-ring (bicyclic) bond motifs is 4. The van der Waals surface area contributed by atoms with Gasteiger partial charge in [-0.3, -0.25) is 10.6 Å². The van der Waals surface area contributed by atoms with Gasteiger partial charge in [-0.25, -0.2) is 19.2 Å². The fraction of sp³-hybridized carbons (Fsp3) is 0.529. The fourth-order valence-electron chi connectivity index (χ4n) is 7.00. The summed E-state index contributed by atoms with van der Waals surface area (Å²) in [6, 6.07) is 4.59. The quantitative estimate of drug-likeness (QED) is 0.267. The summed E-state index contributed by atoms with van der Waals surface area (Å²) >= 11 is 0. The summed E-state index contributed by atoms with van der Waals surface area (Å²) in [6.07, 6.45) is 13.7. The molecule has 10 heteroatoms. The molecule has 0 spiro atoms. The summed E-state index contributed by atoms with van der Waals surface area (Å²) in [4.78, 5) is 45.9. The van der Waals surface area contributed by atoms with E-state index in [1.54, 1.807) is 0 Å². The number of amides is 2. The highest BCUT2D eigenvalue weighted by atomic mass is 16.6. The van der Waals surface area contributed by atoms with Crippen molar-refractivity contribution in [3.63, 3.8) is 0 Å². The molecule has 1 fully saturated rings. The molecule has 3 N–H and O–H groups in total. The molecule has 0 aliphatic heterocycles. The molecule has 0 heterocycles. The molecule has 2 aromatic carbocycles. The second-order valence-electron chi connectivity index (χ2n) is 12.4. The highest BCUT2D eigenvalue weighted by Crippen LogP contribution is 2.40. The van der Waals surface area contributed by atoms with Crippen molar-refractivity contribution in [2.24, 2.45) is 5.92 Å². The van der Waals surface area contributed by atoms with Gasteiger partial charge in [0.05, 0.1) is 18.0 Å². The molecule has 0 saturated heterocycles. The van der Waals surface area contributed by atoms with Gasteiger partial charge in [0.25, 0.3) is 0 Å². The van der Waals surface area contributed by atoms with Crippen LogP contribution in [0.5, 0.6) is 0 Å². The summed E-state index contributed by atoms with van der Waals surface area (Å²) in [5.74, 6) is -1.11. The summed E-state index contributed by atoms with van der Waals surface area (Å²) in [7, 11) is 0. The summed E-state index contributed by atoms with van der Waals surface area (Å²) < 4.78 is 14.8. The number of hydrogen-bond acceptors (Lipinski definition) is 7. The maximum atomic E-state index is 12.1. The number of rotatable bonds is 8. The third-order valence-corrected chi connectivity index (χ3v) is 9.22. The van der Waals surface area contributed by atoms with Crippen LogP contribution in [0.1, 0.15) is 83.0 Å². The Balaban J connectivity index is 0.000000159. The molecular formula is C34H40N2O8. The van der Waals surface area contributed by atoms with E-state index < -0.39 is 30.7 Å². The standard InChI is InChI=1S/C19H23NO4.C15H17NO4/c21-17(23-10-12-7-8-12)11-24-19(22)20-18-15-5-1-3-13(15)9-14-4-2-6-16(14)18;17-13(18)8-20-15(19)16-14-11-5-1-3-9(11)7-10-4-2-6-12(10)14/h9,12H,1-8,10-11H2,(H,20,22);7H,1-6,8H2,(H,16,19)(H,17,18). The number of carboxylic acids is 1. The van der Waals surface area contributed by atoms with Crippen molar-refractivity contribution < 1.29 is 38.5 Å². The Bertz CT molecular complexity index is 1410. The number of esters is 1. The lowest BCUT2D eigenvalue weighted by atomic mass is 9.99. The summed E-state index contributed by atoms with van der Waals surface area (Å²) in [5, 5.41) is 14.2. The van der Waals surface area contributed by atoms with E-state index in [4.69, 9.17) is 14.6 Å². The number of hydrogen-bond donors (Lipinski definition) is 3. The maximum absolute atomic E-state index is 12.1. The molecule has 5 aliphatic carbocycles. The van der Waals surface area contributed by atoms with Crippen LogP contribution >= 0.6 is 0 Å². The molecule has 0 atom stereocenters. The van der Waals surface area contributed by atoms with Gasteiger partial charge in [-0.1, -0.05) is 12.1 Å². The van der Waals surface area contributed by atoms with Crippen molar-refractivity contribution in [2.75, 3.05) is 30.5 Å². The number of nitrogens with one attached hydrogen (secondary N) is 2. The molecule has 0 radical (unpaired) electrons. The minimum absolute atomic E-state index is 0.324. The fourth-order valence-corrected chi connectivity index (χ4v) is 7.00. The lowest BCUT2D eigenvalue weighted by Crippen LogP contribution is -2.22. The SMILES string of the molecule is O=C(COC(=O)Nc1c2c(cc3c1CCC3)CCC2)OCC1CC1.O=C(O)COC(=O)Nc1c2c(cc3c1CCC3)CCC2. The third-order valence-electron chi connectivity index (χ3n) is 9.22.